The van der Waals surface area contributed by atoms with Crippen molar-refractivity contribution in [3.8, 4) is 11.5 Å². The highest BCUT2D eigenvalue weighted by atomic mass is 16.6. The Balaban J connectivity index is 3.15. The third-order valence-electron chi connectivity index (χ3n) is 1.58. The van der Waals surface area contributed by atoms with Gasteiger partial charge in [-0.05, 0) is 6.07 Å². The zero-order valence-electron chi connectivity index (χ0n) is 7.31. The minimum atomic E-state index is -0.502. The third kappa shape index (κ3) is 1.87. The van der Waals surface area contributed by atoms with Crippen molar-refractivity contribution < 1.29 is 14.4 Å². The van der Waals surface area contributed by atoms with E-state index in [4.69, 9.17) is 9.47 Å². The van der Waals surface area contributed by atoms with E-state index >= 15 is 0 Å². The molecule has 0 aliphatic heterocycles. The van der Waals surface area contributed by atoms with Crippen LogP contribution in [0.1, 0.15) is 0 Å². The number of methoxy groups -OCH3 is 2. The van der Waals surface area contributed by atoms with Crippen LogP contribution < -0.4 is 9.47 Å². The fraction of sp³-hybridized carbons (Fsp3) is 0.250. The normalized spacial score (nSPS) is 9.38. The van der Waals surface area contributed by atoms with Crippen molar-refractivity contribution in [3.05, 3.63) is 28.3 Å². The van der Waals surface area contributed by atoms with Gasteiger partial charge in [-0.15, -0.1) is 0 Å². The summed E-state index contributed by atoms with van der Waals surface area (Å²) in [4.78, 5) is 9.96. The van der Waals surface area contributed by atoms with Crippen LogP contribution in [0.3, 0.4) is 0 Å². The molecule has 0 aromatic heterocycles. The third-order valence-corrected chi connectivity index (χ3v) is 1.58. The average molecular weight is 183 g/mol. The molecular weight excluding hydrogens is 174 g/mol. The Labute approximate surface area is 75.0 Å². The van der Waals surface area contributed by atoms with Crippen LogP contribution in [0, 0.1) is 10.1 Å². The average Bonchev–Trinajstić information content (AvgIpc) is 2.16. The first kappa shape index (κ1) is 9.31. The minimum Gasteiger partial charge on any atom is -0.497 e. The van der Waals surface area contributed by atoms with E-state index in [0.29, 0.717) is 5.75 Å². The minimum absolute atomic E-state index is 0.0664. The molecule has 5 nitrogen and oxygen atoms in total. The van der Waals surface area contributed by atoms with E-state index in [-0.39, 0.29) is 11.4 Å². The van der Waals surface area contributed by atoms with Crippen LogP contribution in [0.15, 0.2) is 18.2 Å². The van der Waals surface area contributed by atoms with Crippen molar-refractivity contribution in [2.75, 3.05) is 14.2 Å². The van der Waals surface area contributed by atoms with Crippen molar-refractivity contribution in [2.45, 2.75) is 0 Å². The highest BCUT2D eigenvalue weighted by Crippen LogP contribution is 2.30. The molecule has 70 valence electrons. The van der Waals surface area contributed by atoms with Gasteiger partial charge in [-0.25, -0.2) is 0 Å². The maximum absolute atomic E-state index is 10.5. The first-order chi connectivity index (χ1) is 6.19. The lowest BCUT2D eigenvalue weighted by Crippen LogP contribution is -1.94. The number of hydrogen-bond acceptors (Lipinski definition) is 4. The maximum Gasteiger partial charge on any atom is 0.311 e. The highest BCUT2D eigenvalue weighted by Gasteiger charge is 2.14. The quantitative estimate of drug-likeness (QED) is 0.527. The van der Waals surface area contributed by atoms with Crippen LogP contribution in [0.2, 0.25) is 0 Å². The Hall–Kier alpha value is -1.78. The molecule has 0 atom stereocenters. The van der Waals surface area contributed by atoms with Gasteiger partial charge in [-0.1, -0.05) is 0 Å². The van der Waals surface area contributed by atoms with E-state index in [0.717, 1.165) is 0 Å². The second-order valence-corrected chi connectivity index (χ2v) is 2.29. The zero-order valence-corrected chi connectivity index (χ0v) is 7.31. The van der Waals surface area contributed by atoms with Gasteiger partial charge in [0.2, 0.25) is 5.75 Å². The van der Waals surface area contributed by atoms with Crippen molar-refractivity contribution in [3.63, 3.8) is 0 Å². The summed E-state index contributed by atoms with van der Waals surface area (Å²) < 4.78 is 9.72. The molecule has 5 heteroatoms. The van der Waals surface area contributed by atoms with Gasteiger partial charge in [-0.2, -0.15) is 0 Å². The lowest BCUT2D eigenvalue weighted by Gasteiger charge is -2.03. The topological polar surface area (TPSA) is 61.6 Å². The molecule has 1 aromatic carbocycles. The van der Waals surface area contributed by atoms with Crippen LogP contribution in [0.5, 0.6) is 11.5 Å². The molecule has 0 saturated heterocycles. The number of benzene rings is 1. The Morgan fingerprint density at radius 1 is 1.31 bits per heavy atom. The SMILES string of the molecule is COc1ccc([N+](=O)[O-])c(OC)c1. The molecule has 0 aliphatic rings. The van der Waals surface area contributed by atoms with E-state index in [2.05, 4.69) is 0 Å². The van der Waals surface area contributed by atoms with E-state index in [1.165, 1.54) is 32.4 Å². The largest absolute Gasteiger partial charge is 0.497 e. The summed E-state index contributed by atoms with van der Waals surface area (Å²) >= 11 is 0. The second-order valence-electron chi connectivity index (χ2n) is 2.29. The summed E-state index contributed by atoms with van der Waals surface area (Å²) in [6.45, 7) is 0. The molecule has 0 unspecified atom stereocenters. The Bertz CT molecular complexity index is 324. The van der Waals surface area contributed by atoms with E-state index in [1.807, 2.05) is 0 Å². The van der Waals surface area contributed by atoms with Gasteiger partial charge < -0.3 is 9.47 Å². The fourth-order valence-electron chi connectivity index (χ4n) is 0.936. The molecule has 0 radical (unpaired) electrons. The molecule has 0 N–H and O–H groups in total. The van der Waals surface area contributed by atoms with Gasteiger partial charge in [0.1, 0.15) is 5.75 Å². The Morgan fingerprint density at radius 2 is 2.00 bits per heavy atom. The number of nitro groups is 1. The first-order valence-corrected chi connectivity index (χ1v) is 3.55. The molecule has 0 amide bonds. The molecule has 0 heterocycles. The maximum atomic E-state index is 10.5. The van der Waals surface area contributed by atoms with Crippen LogP contribution in [0.4, 0.5) is 5.69 Å². The number of nitro benzene ring substituents is 1. The van der Waals surface area contributed by atoms with Gasteiger partial charge in [0.05, 0.1) is 19.1 Å². The van der Waals surface area contributed by atoms with E-state index < -0.39 is 4.92 Å². The van der Waals surface area contributed by atoms with E-state index in [9.17, 15) is 10.1 Å². The summed E-state index contributed by atoms with van der Waals surface area (Å²) in [5, 5.41) is 10.5. The molecule has 1 rings (SSSR count). The molecular formula is C8H9NO4. The van der Waals surface area contributed by atoms with E-state index in [1.54, 1.807) is 0 Å². The smallest absolute Gasteiger partial charge is 0.311 e. The number of rotatable bonds is 3. The van der Waals surface area contributed by atoms with Crippen molar-refractivity contribution in [2.24, 2.45) is 0 Å². The molecule has 0 spiro atoms. The van der Waals surface area contributed by atoms with Crippen LogP contribution >= 0.6 is 0 Å². The first-order valence-electron chi connectivity index (χ1n) is 3.55. The summed E-state index contributed by atoms with van der Waals surface area (Å²) in [6.07, 6.45) is 0. The summed E-state index contributed by atoms with van der Waals surface area (Å²) in [7, 11) is 2.86. The van der Waals surface area contributed by atoms with Gasteiger partial charge >= 0.3 is 5.69 Å². The number of hydrogen-bond donors (Lipinski definition) is 0. The van der Waals surface area contributed by atoms with Crippen LogP contribution in [0.25, 0.3) is 0 Å². The number of nitrogens with zero attached hydrogens (tertiary/aromatic N) is 1. The number of ether oxygens (including phenoxy) is 2. The summed E-state index contributed by atoms with van der Waals surface area (Å²) in [5.41, 5.74) is -0.0664. The Kier molecular flexibility index (Phi) is 2.69. The predicted octanol–water partition coefficient (Wildman–Crippen LogP) is 1.61. The summed E-state index contributed by atoms with van der Waals surface area (Å²) in [5.74, 6) is 0.729. The standard InChI is InChI=1S/C8H9NO4/c1-12-6-3-4-7(9(10)11)8(5-6)13-2/h3-5H,1-2H3. The highest BCUT2D eigenvalue weighted by molar-refractivity contribution is 5.50. The van der Waals surface area contributed by atoms with Gasteiger partial charge in [-0.3, -0.25) is 10.1 Å². The van der Waals surface area contributed by atoms with Crippen molar-refractivity contribution in [1.29, 1.82) is 0 Å². The molecule has 0 fully saturated rings. The van der Waals surface area contributed by atoms with Crippen molar-refractivity contribution in [1.82, 2.24) is 0 Å². The molecule has 0 saturated carbocycles. The van der Waals surface area contributed by atoms with Crippen LogP contribution in [-0.2, 0) is 0 Å². The van der Waals surface area contributed by atoms with Crippen LogP contribution in [-0.4, -0.2) is 19.1 Å². The fourth-order valence-corrected chi connectivity index (χ4v) is 0.936. The lowest BCUT2D eigenvalue weighted by molar-refractivity contribution is -0.385. The molecule has 0 aliphatic carbocycles. The second kappa shape index (κ2) is 3.75. The monoisotopic (exact) mass is 183 g/mol. The van der Waals surface area contributed by atoms with Gasteiger partial charge in [0.25, 0.3) is 0 Å². The predicted molar refractivity (Wildman–Crippen MR) is 46.2 cm³/mol. The van der Waals surface area contributed by atoms with Gasteiger partial charge in [0.15, 0.2) is 0 Å². The summed E-state index contributed by atoms with van der Waals surface area (Å²) in [6, 6.07) is 4.33. The molecule has 13 heavy (non-hydrogen) atoms. The molecule has 0 bridgehead atoms. The zero-order chi connectivity index (χ0) is 9.84. The lowest BCUT2D eigenvalue weighted by atomic mass is 10.3. The Morgan fingerprint density at radius 3 is 2.46 bits per heavy atom. The van der Waals surface area contributed by atoms with Gasteiger partial charge in [0, 0.05) is 12.1 Å². The molecule has 1 aromatic rings. The van der Waals surface area contributed by atoms with Crippen molar-refractivity contribution >= 4 is 5.69 Å².